The van der Waals surface area contributed by atoms with E-state index in [1.54, 1.807) is 6.20 Å². The fourth-order valence-electron chi connectivity index (χ4n) is 1.76. The number of nitrogens with zero attached hydrogens (tertiary/aromatic N) is 2. The summed E-state index contributed by atoms with van der Waals surface area (Å²) in [7, 11) is 3.90. The minimum Gasteiger partial charge on any atom is -0.378 e. The van der Waals surface area contributed by atoms with E-state index in [1.165, 1.54) is 0 Å². The van der Waals surface area contributed by atoms with Gasteiger partial charge in [-0.05, 0) is 25.1 Å². The number of benzene rings is 1. The number of aryl methyl sites for hydroxylation is 1. The Morgan fingerprint density at radius 2 is 2.21 bits per heavy atom. The van der Waals surface area contributed by atoms with Gasteiger partial charge in [-0.2, -0.15) is 5.10 Å². The highest BCUT2D eigenvalue weighted by Crippen LogP contribution is 2.13. The lowest BCUT2D eigenvalue weighted by Gasteiger charge is -2.13. The van der Waals surface area contributed by atoms with Crippen LogP contribution in [0.5, 0.6) is 0 Å². The van der Waals surface area contributed by atoms with Crippen molar-refractivity contribution in [2.24, 2.45) is 0 Å². The Labute approximate surface area is 112 Å². The van der Waals surface area contributed by atoms with Crippen molar-refractivity contribution in [1.82, 2.24) is 15.5 Å². The number of amides is 1. The molecule has 0 saturated carbocycles. The summed E-state index contributed by atoms with van der Waals surface area (Å²) in [5.41, 5.74) is 3.64. The van der Waals surface area contributed by atoms with Gasteiger partial charge in [0.1, 0.15) is 0 Å². The lowest BCUT2D eigenvalue weighted by Crippen LogP contribution is -2.23. The topological polar surface area (TPSA) is 61.0 Å². The van der Waals surface area contributed by atoms with Crippen molar-refractivity contribution in [3.05, 3.63) is 47.3 Å². The maximum Gasteiger partial charge on any atom is 0.251 e. The molecule has 0 fully saturated rings. The fraction of sp³-hybridized carbons (Fsp3) is 0.286. The molecule has 1 heterocycles. The number of H-pyrrole nitrogens is 1. The van der Waals surface area contributed by atoms with Crippen molar-refractivity contribution in [2.75, 3.05) is 19.0 Å². The van der Waals surface area contributed by atoms with Gasteiger partial charge in [-0.25, -0.2) is 0 Å². The van der Waals surface area contributed by atoms with E-state index < -0.39 is 0 Å². The van der Waals surface area contributed by atoms with Gasteiger partial charge in [0.15, 0.2) is 0 Å². The second-order valence-corrected chi connectivity index (χ2v) is 4.65. The summed E-state index contributed by atoms with van der Waals surface area (Å²) in [5.74, 6) is -0.0794. The maximum atomic E-state index is 12.1. The monoisotopic (exact) mass is 258 g/mol. The number of carbonyl (C=O) groups excluding carboxylic acids is 1. The SMILES string of the molecule is Cc1[nH]ncc1CNC(=O)c1cccc(N(C)C)c1. The smallest absolute Gasteiger partial charge is 0.251 e. The van der Waals surface area contributed by atoms with E-state index in [0.717, 1.165) is 16.9 Å². The lowest BCUT2D eigenvalue weighted by atomic mass is 10.1. The summed E-state index contributed by atoms with van der Waals surface area (Å²) in [5, 5.41) is 9.67. The molecule has 0 bridgehead atoms. The van der Waals surface area contributed by atoms with E-state index in [1.807, 2.05) is 50.2 Å². The molecule has 0 aliphatic heterocycles. The van der Waals surface area contributed by atoms with Crippen LogP contribution in [0, 0.1) is 6.92 Å². The zero-order chi connectivity index (χ0) is 13.8. The molecule has 0 aliphatic rings. The van der Waals surface area contributed by atoms with Gasteiger partial charge >= 0.3 is 0 Å². The molecule has 0 unspecified atom stereocenters. The average molecular weight is 258 g/mol. The first-order chi connectivity index (χ1) is 9.08. The van der Waals surface area contributed by atoms with Crippen LogP contribution in [0.4, 0.5) is 5.69 Å². The normalized spacial score (nSPS) is 10.3. The van der Waals surface area contributed by atoms with Gasteiger partial charge in [-0.15, -0.1) is 0 Å². The van der Waals surface area contributed by atoms with Crippen molar-refractivity contribution < 1.29 is 4.79 Å². The first-order valence-electron chi connectivity index (χ1n) is 6.12. The number of hydrogen-bond acceptors (Lipinski definition) is 3. The Kier molecular flexibility index (Phi) is 3.85. The standard InChI is InChI=1S/C14H18N4O/c1-10-12(9-16-17-10)8-15-14(19)11-5-4-6-13(7-11)18(2)3/h4-7,9H,8H2,1-3H3,(H,15,19)(H,16,17). The molecule has 0 spiro atoms. The van der Waals surface area contributed by atoms with Gasteiger partial charge < -0.3 is 10.2 Å². The van der Waals surface area contributed by atoms with Crippen molar-refractivity contribution in [3.8, 4) is 0 Å². The molecule has 1 amide bonds. The first-order valence-corrected chi connectivity index (χ1v) is 6.12. The summed E-state index contributed by atoms with van der Waals surface area (Å²) in [6.07, 6.45) is 1.73. The van der Waals surface area contributed by atoms with Gasteiger partial charge in [0, 0.05) is 43.1 Å². The molecule has 5 nitrogen and oxygen atoms in total. The van der Waals surface area contributed by atoms with Crippen LogP contribution in [-0.4, -0.2) is 30.2 Å². The summed E-state index contributed by atoms with van der Waals surface area (Å²) in [6.45, 7) is 2.41. The molecule has 1 aromatic carbocycles. The number of nitrogens with one attached hydrogen (secondary N) is 2. The van der Waals surface area contributed by atoms with Crippen molar-refractivity contribution in [1.29, 1.82) is 0 Å². The minimum atomic E-state index is -0.0794. The molecule has 2 rings (SSSR count). The predicted molar refractivity (Wildman–Crippen MR) is 75.3 cm³/mol. The van der Waals surface area contributed by atoms with Gasteiger partial charge in [0.05, 0.1) is 6.20 Å². The molecular weight excluding hydrogens is 240 g/mol. The third-order valence-electron chi connectivity index (χ3n) is 3.00. The van der Waals surface area contributed by atoms with Crippen LogP contribution < -0.4 is 10.2 Å². The van der Waals surface area contributed by atoms with E-state index in [2.05, 4.69) is 15.5 Å². The molecule has 5 heteroatoms. The molecule has 2 aromatic rings. The second-order valence-electron chi connectivity index (χ2n) is 4.65. The van der Waals surface area contributed by atoms with Gasteiger partial charge in [-0.1, -0.05) is 6.07 Å². The van der Waals surface area contributed by atoms with E-state index in [9.17, 15) is 4.79 Å². The summed E-state index contributed by atoms with van der Waals surface area (Å²) in [6, 6.07) is 7.53. The summed E-state index contributed by atoms with van der Waals surface area (Å²) in [4.78, 5) is 14.0. The molecule has 19 heavy (non-hydrogen) atoms. The van der Waals surface area contributed by atoms with Crippen LogP contribution in [0.2, 0.25) is 0 Å². The zero-order valence-electron chi connectivity index (χ0n) is 11.4. The van der Waals surface area contributed by atoms with Gasteiger partial charge in [0.25, 0.3) is 5.91 Å². The highest BCUT2D eigenvalue weighted by atomic mass is 16.1. The number of anilines is 1. The van der Waals surface area contributed by atoms with Crippen molar-refractivity contribution in [2.45, 2.75) is 13.5 Å². The van der Waals surface area contributed by atoms with Crippen LogP contribution >= 0.6 is 0 Å². The second kappa shape index (κ2) is 5.56. The Morgan fingerprint density at radius 3 is 2.84 bits per heavy atom. The van der Waals surface area contributed by atoms with Crippen molar-refractivity contribution in [3.63, 3.8) is 0 Å². The highest BCUT2D eigenvalue weighted by Gasteiger charge is 2.08. The molecule has 0 atom stereocenters. The number of hydrogen-bond donors (Lipinski definition) is 2. The fourth-order valence-corrected chi connectivity index (χ4v) is 1.76. The van der Waals surface area contributed by atoms with Crippen LogP contribution in [0.3, 0.4) is 0 Å². The molecule has 0 radical (unpaired) electrons. The van der Waals surface area contributed by atoms with Crippen LogP contribution in [0.25, 0.3) is 0 Å². The summed E-state index contributed by atoms with van der Waals surface area (Å²) >= 11 is 0. The Balaban J connectivity index is 2.04. The average Bonchev–Trinajstić information content (AvgIpc) is 2.81. The maximum absolute atomic E-state index is 12.1. The minimum absolute atomic E-state index is 0.0794. The molecule has 1 aromatic heterocycles. The molecular formula is C14H18N4O. The molecule has 0 saturated heterocycles. The number of aromatic nitrogens is 2. The van der Waals surface area contributed by atoms with Gasteiger partial charge in [-0.3, -0.25) is 9.89 Å². The summed E-state index contributed by atoms with van der Waals surface area (Å²) < 4.78 is 0. The van der Waals surface area contributed by atoms with Crippen LogP contribution in [0.1, 0.15) is 21.6 Å². The van der Waals surface area contributed by atoms with E-state index >= 15 is 0 Å². The largest absolute Gasteiger partial charge is 0.378 e. The van der Waals surface area contributed by atoms with E-state index in [0.29, 0.717) is 12.1 Å². The highest BCUT2D eigenvalue weighted by molar-refractivity contribution is 5.95. The van der Waals surface area contributed by atoms with Crippen molar-refractivity contribution >= 4 is 11.6 Å². The number of aromatic amines is 1. The first kappa shape index (κ1) is 13.1. The zero-order valence-corrected chi connectivity index (χ0v) is 11.4. The molecule has 2 N–H and O–H groups in total. The Bertz CT molecular complexity index is 574. The third-order valence-corrected chi connectivity index (χ3v) is 3.00. The third kappa shape index (κ3) is 3.13. The molecule has 0 aliphatic carbocycles. The van der Waals surface area contributed by atoms with E-state index in [-0.39, 0.29) is 5.91 Å². The van der Waals surface area contributed by atoms with Crippen LogP contribution in [-0.2, 0) is 6.54 Å². The predicted octanol–water partition coefficient (Wildman–Crippen LogP) is 1.71. The quantitative estimate of drug-likeness (QED) is 0.877. The lowest BCUT2D eigenvalue weighted by molar-refractivity contribution is 0.0951. The van der Waals surface area contributed by atoms with Gasteiger partial charge in [0.2, 0.25) is 0 Å². The molecule has 100 valence electrons. The van der Waals surface area contributed by atoms with Crippen LogP contribution in [0.15, 0.2) is 30.5 Å². The number of carbonyl (C=O) groups is 1. The number of rotatable bonds is 4. The van der Waals surface area contributed by atoms with E-state index in [4.69, 9.17) is 0 Å². The Hall–Kier alpha value is -2.30. The Morgan fingerprint density at radius 1 is 1.42 bits per heavy atom.